The lowest BCUT2D eigenvalue weighted by Crippen LogP contribution is -2.12. The smallest absolute Gasteiger partial charge is 0.263 e. The molecular weight excluding hydrogens is 258 g/mol. The van der Waals surface area contributed by atoms with Crippen molar-refractivity contribution in [2.24, 2.45) is 0 Å². The molecule has 0 saturated carbocycles. The predicted molar refractivity (Wildman–Crippen MR) is 79.5 cm³/mol. The van der Waals surface area contributed by atoms with Gasteiger partial charge in [-0.15, -0.1) is 0 Å². The van der Waals surface area contributed by atoms with Crippen LogP contribution in [-0.2, 0) is 6.54 Å². The van der Waals surface area contributed by atoms with Gasteiger partial charge in [0, 0.05) is 26.2 Å². The Morgan fingerprint density at radius 1 is 1.05 bits per heavy atom. The van der Waals surface area contributed by atoms with Gasteiger partial charge in [-0.3, -0.25) is 0 Å². The molecule has 2 rings (SSSR count). The van der Waals surface area contributed by atoms with E-state index >= 15 is 0 Å². The molecule has 0 atom stereocenters. The number of hydrogen-bond acceptors (Lipinski definition) is 2. The largest absolute Gasteiger partial charge is 0.379 e. The molecule has 0 heterocycles. The molecule has 0 aromatic heterocycles. The summed E-state index contributed by atoms with van der Waals surface area (Å²) in [6.07, 6.45) is -2.43. The number of nitrogens with zero attached hydrogens (tertiary/aromatic N) is 1. The molecule has 0 amide bonds. The summed E-state index contributed by atoms with van der Waals surface area (Å²) >= 11 is 0. The van der Waals surface area contributed by atoms with Gasteiger partial charge in [0.2, 0.25) is 0 Å². The maximum absolute atomic E-state index is 12.7. The Morgan fingerprint density at radius 2 is 1.80 bits per heavy atom. The molecule has 0 radical (unpaired) electrons. The van der Waals surface area contributed by atoms with Crippen molar-refractivity contribution >= 4 is 11.4 Å². The van der Waals surface area contributed by atoms with Gasteiger partial charge in [-0.1, -0.05) is 30.3 Å². The fourth-order valence-electron chi connectivity index (χ4n) is 2.05. The van der Waals surface area contributed by atoms with Crippen LogP contribution in [0.1, 0.15) is 17.6 Å². The fourth-order valence-corrected chi connectivity index (χ4v) is 2.05. The van der Waals surface area contributed by atoms with Crippen LogP contribution in [0.25, 0.3) is 0 Å². The quantitative estimate of drug-likeness (QED) is 0.875. The van der Waals surface area contributed by atoms with Crippen LogP contribution in [0.4, 0.5) is 20.2 Å². The Labute approximate surface area is 118 Å². The molecule has 0 saturated heterocycles. The number of para-hydroxylation sites is 2. The Morgan fingerprint density at radius 3 is 2.50 bits per heavy atom. The van der Waals surface area contributed by atoms with Crippen molar-refractivity contribution in [3.8, 4) is 0 Å². The minimum atomic E-state index is -2.43. The van der Waals surface area contributed by atoms with Gasteiger partial charge >= 0.3 is 0 Å². The van der Waals surface area contributed by atoms with Crippen molar-refractivity contribution in [3.63, 3.8) is 0 Å². The maximum atomic E-state index is 12.7. The second kappa shape index (κ2) is 6.37. The van der Waals surface area contributed by atoms with Crippen LogP contribution in [0, 0.1) is 0 Å². The summed E-state index contributed by atoms with van der Waals surface area (Å²) in [5, 5.41) is 3.29. The number of hydrogen-bond donors (Lipinski definition) is 1. The van der Waals surface area contributed by atoms with Crippen LogP contribution in [-0.4, -0.2) is 14.1 Å². The van der Waals surface area contributed by atoms with E-state index in [1.165, 1.54) is 12.1 Å². The van der Waals surface area contributed by atoms with Crippen molar-refractivity contribution in [2.45, 2.75) is 13.0 Å². The van der Waals surface area contributed by atoms with E-state index in [2.05, 4.69) is 5.32 Å². The van der Waals surface area contributed by atoms with Crippen LogP contribution in [0.5, 0.6) is 0 Å². The topological polar surface area (TPSA) is 15.3 Å². The Balaban J connectivity index is 2.11. The molecule has 0 aliphatic carbocycles. The number of rotatable bonds is 5. The number of halogens is 2. The van der Waals surface area contributed by atoms with E-state index < -0.39 is 6.43 Å². The lowest BCUT2D eigenvalue weighted by atomic mass is 10.1. The van der Waals surface area contributed by atoms with Crippen molar-refractivity contribution in [1.82, 2.24) is 0 Å². The molecule has 0 unspecified atom stereocenters. The summed E-state index contributed by atoms with van der Waals surface area (Å²) in [4.78, 5) is 2.01. The summed E-state index contributed by atoms with van der Waals surface area (Å²) in [5.74, 6) is 0. The van der Waals surface area contributed by atoms with Gasteiger partial charge in [-0.25, -0.2) is 8.78 Å². The molecule has 1 N–H and O–H groups in total. The average Bonchev–Trinajstić information content (AvgIpc) is 2.45. The van der Waals surface area contributed by atoms with E-state index in [0.717, 1.165) is 16.9 Å². The van der Waals surface area contributed by atoms with Crippen LogP contribution in [0.3, 0.4) is 0 Å². The molecule has 0 fully saturated rings. The molecule has 2 aromatic rings. The molecular formula is C16H18F2N2. The standard InChI is InChI=1S/C16H18F2N2/c1-20(2)15-9-4-3-8-14(15)19-11-12-6-5-7-13(10-12)16(17)18/h3-10,16,19H,11H2,1-2H3. The highest BCUT2D eigenvalue weighted by atomic mass is 19.3. The Bertz CT molecular complexity index is 568. The van der Waals surface area contributed by atoms with E-state index in [-0.39, 0.29) is 5.56 Å². The van der Waals surface area contributed by atoms with Gasteiger partial charge in [0.15, 0.2) is 0 Å². The number of nitrogens with one attached hydrogen (secondary N) is 1. The van der Waals surface area contributed by atoms with Crippen LogP contribution in [0.15, 0.2) is 48.5 Å². The Kier molecular flexibility index (Phi) is 4.56. The van der Waals surface area contributed by atoms with Gasteiger partial charge < -0.3 is 10.2 Å². The highest BCUT2D eigenvalue weighted by Gasteiger charge is 2.07. The van der Waals surface area contributed by atoms with E-state index in [4.69, 9.17) is 0 Å². The van der Waals surface area contributed by atoms with Crippen molar-refractivity contribution in [1.29, 1.82) is 0 Å². The van der Waals surface area contributed by atoms with Crippen LogP contribution >= 0.6 is 0 Å². The van der Waals surface area contributed by atoms with E-state index in [0.29, 0.717) is 6.54 Å². The van der Waals surface area contributed by atoms with Gasteiger partial charge in [-0.05, 0) is 23.8 Å². The van der Waals surface area contributed by atoms with Crippen LogP contribution in [0.2, 0.25) is 0 Å². The minimum absolute atomic E-state index is 0.0604. The lowest BCUT2D eigenvalue weighted by Gasteiger charge is -2.18. The summed E-state index contributed by atoms with van der Waals surface area (Å²) < 4.78 is 25.3. The maximum Gasteiger partial charge on any atom is 0.263 e. The zero-order chi connectivity index (χ0) is 14.5. The molecule has 0 spiro atoms. The Hall–Kier alpha value is -2.10. The number of benzene rings is 2. The summed E-state index contributed by atoms with van der Waals surface area (Å²) in [7, 11) is 3.94. The second-order valence-corrected chi connectivity index (χ2v) is 4.81. The zero-order valence-corrected chi connectivity index (χ0v) is 11.6. The normalized spacial score (nSPS) is 10.7. The van der Waals surface area contributed by atoms with E-state index in [9.17, 15) is 8.78 Å². The van der Waals surface area contributed by atoms with Gasteiger partial charge in [0.25, 0.3) is 6.43 Å². The van der Waals surface area contributed by atoms with Gasteiger partial charge in [0.1, 0.15) is 0 Å². The first kappa shape index (κ1) is 14.3. The highest BCUT2D eigenvalue weighted by Crippen LogP contribution is 2.25. The minimum Gasteiger partial charge on any atom is -0.379 e. The van der Waals surface area contributed by atoms with Crippen LogP contribution < -0.4 is 10.2 Å². The third-order valence-electron chi connectivity index (χ3n) is 3.07. The summed E-state index contributed by atoms with van der Waals surface area (Å²) in [6.45, 7) is 0.519. The molecule has 0 aliphatic heterocycles. The molecule has 2 nitrogen and oxygen atoms in total. The fraction of sp³-hybridized carbons (Fsp3) is 0.250. The molecule has 2 aromatic carbocycles. The third kappa shape index (κ3) is 3.47. The second-order valence-electron chi connectivity index (χ2n) is 4.81. The lowest BCUT2D eigenvalue weighted by molar-refractivity contribution is 0.151. The van der Waals surface area contributed by atoms with Gasteiger partial charge in [-0.2, -0.15) is 0 Å². The molecule has 106 valence electrons. The third-order valence-corrected chi connectivity index (χ3v) is 3.07. The SMILES string of the molecule is CN(C)c1ccccc1NCc1cccc(C(F)F)c1. The summed E-state index contributed by atoms with van der Waals surface area (Å²) in [5.41, 5.74) is 2.96. The van der Waals surface area contributed by atoms with Crippen molar-refractivity contribution in [2.75, 3.05) is 24.3 Å². The highest BCUT2D eigenvalue weighted by molar-refractivity contribution is 5.69. The molecule has 0 aliphatic rings. The average molecular weight is 276 g/mol. The number of alkyl halides is 2. The van der Waals surface area contributed by atoms with Crippen molar-refractivity contribution < 1.29 is 8.78 Å². The van der Waals surface area contributed by atoms with E-state index in [1.54, 1.807) is 6.07 Å². The van der Waals surface area contributed by atoms with E-state index in [1.807, 2.05) is 49.3 Å². The van der Waals surface area contributed by atoms with Crippen molar-refractivity contribution in [3.05, 3.63) is 59.7 Å². The first-order chi connectivity index (χ1) is 9.58. The number of anilines is 2. The first-order valence-electron chi connectivity index (χ1n) is 6.45. The van der Waals surface area contributed by atoms with Gasteiger partial charge in [0.05, 0.1) is 11.4 Å². The summed E-state index contributed by atoms with van der Waals surface area (Å²) in [6, 6.07) is 14.4. The predicted octanol–water partition coefficient (Wildman–Crippen LogP) is 4.30. The molecule has 0 bridgehead atoms. The molecule has 4 heteroatoms. The first-order valence-corrected chi connectivity index (χ1v) is 6.45. The monoisotopic (exact) mass is 276 g/mol. The molecule has 20 heavy (non-hydrogen) atoms. The zero-order valence-electron chi connectivity index (χ0n) is 11.6.